The maximum Gasteiger partial charge on any atom is 0.471 e. The monoisotopic (exact) mass is 655 g/mol. The summed E-state index contributed by atoms with van der Waals surface area (Å²) in [6, 6.07) is 9.42. The molecular formula is C31H32F3N7O6. The van der Waals surface area contributed by atoms with Gasteiger partial charge in [0.1, 0.15) is 6.04 Å². The fourth-order valence-corrected chi connectivity index (χ4v) is 5.53. The van der Waals surface area contributed by atoms with Crippen LogP contribution in [-0.2, 0) is 15.8 Å². The minimum Gasteiger partial charge on any atom is -0.384 e. The van der Waals surface area contributed by atoms with Gasteiger partial charge >= 0.3 is 12.1 Å². The lowest BCUT2D eigenvalue weighted by Gasteiger charge is -2.27. The summed E-state index contributed by atoms with van der Waals surface area (Å²) in [5.41, 5.74) is 1.45. The topological polar surface area (TPSA) is 167 Å². The molecule has 0 saturated carbocycles. The molecule has 47 heavy (non-hydrogen) atoms. The van der Waals surface area contributed by atoms with E-state index < -0.39 is 41.7 Å². The number of hydrogen-bond acceptors (Lipinski definition) is 10. The highest BCUT2D eigenvalue weighted by Crippen LogP contribution is 2.32. The number of rotatable bonds is 12. The molecule has 0 aliphatic carbocycles. The smallest absolute Gasteiger partial charge is 0.384 e. The molecule has 1 unspecified atom stereocenters. The first-order valence-corrected chi connectivity index (χ1v) is 15.0. The molecule has 5 rings (SSSR count). The van der Waals surface area contributed by atoms with E-state index in [2.05, 4.69) is 35.5 Å². The molecule has 3 aromatic rings. The summed E-state index contributed by atoms with van der Waals surface area (Å²) >= 11 is 0. The van der Waals surface area contributed by atoms with Crippen molar-refractivity contribution in [3.8, 4) is 11.4 Å². The van der Waals surface area contributed by atoms with Crippen molar-refractivity contribution in [2.75, 3.05) is 31.5 Å². The Bertz CT molecular complexity index is 1690. The van der Waals surface area contributed by atoms with E-state index in [1.807, 2.05) is 13.8 Å². The summed E-state index contributed by atoms with van der Waals surface area (Å²) in [6.07, 6.45) is -3.96. The van der Waals surface area contributed by atoms with Crippen LogP contribution in [-0.4, -0.2) is 87.7 Å². The number of nitrogens with zero attached hydrogens (tertiary/aromatic N) is 4. The SMILES string of the molecule is CCN(CCCNc1cccc2c1C(=O)N(C1CCC(=O)NC1=O)C2=O)C[C@@H](C)NC(=O)c1ccc(-c2noc(C(F)(F)F)n2)cc1. The summed E-state index contributed by atoms with van der Waals surface area (Å²) in [5.74, 6) is -4.30. The lowest BCUT2D eigenvalue weighted by molar-refractivity contribution is -0.159. The number of piperidine rings is 1. The van der Waals surface area contributed by atoms with E-state index in [0.29, 0.717) is 43.9 Å². The zero-order valence-electron chi connectivity index (χ0n) is 25.5. The van der Waals surface area contributed by atoms with E-state index in [0.717, 1.165) is 4.90 Å². The standard InChI is InChI=1S/C31H32F3N7O6/c1-3-40(16-17(2)36-26(43)19-10-8-18(9-11-19)25-38-30(47-39-25)31(32,33)34)15-5-14-35-21-7-4-6-20-24(21)29(46)41(28(20)45)22-12-13-23(42)37-27(22)44/h4,6-11,17,22,35H,3,5,12-16H2,1-2H3,(H,36,43)(H,37,42,44)/t17-,22?/m1/s1. The number of benzene rings is 2. The molecule has 2 aliphatic rings. The van der Waals surface area contributed by atoms with Crippen molar-refractivity contribution in [2.24, 2.45) is 0 Å². The highest BCUT2D eigenvalue weighted by molar-refractivity contribution is 6.25. The van der Waals surface area contributed by atoms with E-state index in [4.69, 9.17) is 0 Å². The Labute approximate surface area is 266 Å². The van der Waals surface area contributed by atoms with E-state index in [9.17, 15) is 37.1 Å². The molecule has 3 N–H and O–H groups in total. The minimum absolute atomic E-state index is 0.0401. The zero-order valence-corrected chi connectivity index (χ0v) is 25.5. The van der Waals surface area contributed by atoms with Crippen LogP contribution in [0.2, 0.25) is 0 Å². The van der Waals surface area contributed by atoms with Crippen LogP contribution in [0.5, 0.6) is 0 Å². The van der Waals surface area contributed by atoms with Crippen LogP contribution in [0, 0.1) is 0 Å². The third kappa shape index (κ3) is 7.32. The normalized spacial score (nSPS) is 17.1. The van der Waals surface area contributed by atoms with Gasteiger partial charge in [-0.2, -0.15) is 18.2 Å². The number of halogens is 3. The van der Waals surface area contributed by atoms with E-state index in [1.54, 1.807) is 12.1 Å². The molecule has 0 spiro atoms. The third-order valence-corrected chi connectivity index (χ3v) is 7.87. The van der Waals surface area contributed by atoms with Crippen molar-refractivity contribution < 1.29 is 41.7 Å². The first kappa shape index (κ1) is 33.2. The van der Waals surface area contributed by atoms with Gasteiger partial charge in [0.15, 0.2) is 0 Å². The Morgan fingerprint density at radius 2 is 1.87 bits per heavy atom. The molecule has 13 nitrogen and oxygen atoms in total. The summed E-state index contributed by atoms with van der Waals surface area (Å²) in [6.45, 7) is 6.22. The van der Waals surface area contributed by atoms with Crippen LogP contribution in [0.4, 0.5) is 18.9 Å². The van der Waals surface area contributed by atoms with Gasteiger partial charge in [0, 0.05) is 42.4 Å². The number of amides is 5. The molecule has 2 atom stereocenters. The van der Waals surface area contributed by atoms with Gasteiger partial charge in [0.25, 0.3) is 17.7 Å². The van der Waals surface area contributed by atoms with E-state index in [1.165, 1.54) is 30.3 Å². The first-order chi connectivity index (χ1) is 22.4. The molecule has 2 aliphatic heterocycles. The van der Waals surface area contributed by atoms with Crippen LogP contribution < -0.4 is 16.0 Å². The molecule has 2 aromatic carbocycles. The number of hydrogen-bond donors (Lipinski definition) is 3. The molecule has 0 radical (unpaired) electrons. The summed E-state index contributed by atoms with van der Waals surface area (Å²) in [5, 5.41) is 11.7. The molecular weight excluding hydrogens is 623 g/mol. The second-order valence-corrected chi connectivity index (χ2v) is 11.2. The van der Waals surface area contributed by atoms with Gasteiger partial charge in [0.05, 0.1) is 11.1 Å². The number of anilines is 1. The highest BCUT2D eigenvalue weighted by Gasteiger charge is 2.45. The van der Waals surface area contributed by atoms with Crippen LogP contribution in [0.15, 0.2) is 47.0 Å². The minimum atomic E-state index is -4.75. The van der Waals surface area contributed by atoms with Crippen molar-refractivity contribution in [2.45, 2.75) is 51.4 Å². The van der Waals surface area contributed by atoms with Crippen LogP contribution in [0.3, 0.4) is 0 Å². The number of carbonyl (C=O) groups is 5. The fourth-order valence-electron chi connectivity index (χ4n) is 5.53. The first-order valence-electron chi connectivity index (χ1n) is 15.0. The summed E-state index contributed by atoms with van der Waals surface area (Å²) in [4.78, 5) is 69.4. The van der Waals surface area contributed by atoms with Crippen molar-refractivity contribution in [3.05, 3.63) is 65.0 Å². The predicted octanol–water partition coefficient (Wildman–Crippen LogP) is 3.10. The molecule has 248 valence electrons. The number of nitrogens with one attached hydrogen (secondary N) is 3. The van der Waals surface area contributed by atoms with Gasteiger partial charge in [0.2, 0.25) is 17.6 Å². The Kier molecular flexibility index (Phi) is 9.69. The number of fused-ring (bicyclic) bond motifs is 1. The quantitative estimate of drug-likeness (QED) is 0.195. The van der Waals surface area contributed by atoms with Crippen molar-refractivity contribution in [1.29, 1.82) is 0 Å². The number of aromatic nitrogens is 2. The lowest BCUT2D eigenvalue weighted by atomic mass is 10.0. The highest BCUT2D eigenvalue weighted by atomic mass is 19.4. The van der Waals surface area contributed by atoms with Gasteiger partial charge < -0.3 is 20.1 Å². The van der Waals surface area contributed by atoms with Crippen LogP contribution in [0.25, 0.3) is 11.4 Å². The van der Waals surface area contributed by atoms with Gasteiger partial charge in [-0.05, 0) is 57.1 Å². The van der Waals surface area contributed by atoms with E-state index in [-0.39, 0.29) is 47.3 Å². The maximum atomic E-state index is 13.3. The van der Waals surface area contributed by atoms with Gasteiger partial charge in [-0.1, -0.05) is 30.3 Å². The lowest BCUT2D eigenvalue weighted by Crippen LogP contribution is -2.54. The fraction of sp³-hybridized carbons (Fsp3) is 0.387. The second kappa shape index (κ2) is 13.7. The number of likely N-dealkylation sites (N-methyl/N-ethyl adjacent to an activating group) is 1. The van der Waals surface area contributed by atoms with Gasteiger partial charge in [-0.3, -0.25) is 34.2 Å². The van der Waals surface area contributed by atoms with Crippen LogP contribution >= 0.6 is 0 Å². The molecule has 0 bridgehead atoms. The second-order valence-electron chi connectivity index (χ2n) is 11.2. The van der Waals surface area contributed by atoms with Gasteiger partial charge in [-0.25, -0.2) is 0 Å². The summed E-state index contributed by atoms with van der Waals surface area (Å²) in [7, 11) is 0. The number of carbonyl (C=O) groups excluding carboxylic acids is 5. The molecule has 1 fully saturated rings. The largest absolute Gasteiger partial charge is 0.471 e. The summed E-state index contributed by atoms with van der Waals surface area (Å²) < 4.78 is 42.5. The zero-order chi connectivity index (χ0) is 33.9. The van der Waals surface area contributed by atoms with Crippen molar-refractivity contribution >= 4 is 35.2 Å². The molecule has 5 amide bonds. The molecule has 1 aromatic heterocycles. The average molecular weight is 656 g/mol. The molecule has 16 heteroatoms. The van der Waals surface area contributed by atoms with Crippen molar-refractivity contribution in [3.63, 3.8) is 0 Å². The molecule has 3 heterocycles. The van der Waals surface area contributed by atoms with Gasteiger partial charge in [-0.15, -0.1) is 0 Å². The Hall–Kier alpha value is -5.12. The molecule has 1 saturated heterocycles. The Morgan fingerprint density at radius 1 is 1.13 bits per heavy atom. The number of imide groups is 2. The Morgan fingerprint density at radius 3 is 2.53 bits per heavy atom. The van der Waals surface area contributed by atoms with E-state index >= 15 is 0 Å². The third-order valence-electron chi connectivity index (χ3n) is 7.87. The van der Waals surface area contributed by atoms with Crippen molar-refractivity contribution in [1.82, 2.24) is 30.6 Å². The maximum absolute atomic E-state index is 13.3. The predicted molar refractivity (Wildman–Crippen MR) is 160 cm³/mol. The average Bonchev–Trinajstić information content (AvgIpc) is 3.63. The Balaban J connectivity index is 1.10. The number of alkyl halides is 3. The van der Waals surface area contributed by atoms with Crippen LogP contribution in [0.1, 0.15) is 70.1 Å².